The lowest BCUT2D eigenvalue weighted by atomic mass is 9.96. The highest BCUT2D eigenvalue weighted by Gasteiger charge is 2.19. The Kier molecular flexibility index (Phi) is 2.77. The van der Waals surface area contributed by atoms with Crippen molar-refractivity contribution in [2.75, 3.05) is 12.3 Å². The number of phenols is 1. The lowest BCUT2D eigenvalue weighted by Crippen LogP contribution is -2.27. The quantitative estimate of drug-likeness (QED) is 0.490. The molecule has 15 heavy (non-hydrogen) atoms. The molecular weight excluding hydrogens is 195 g/mol. The van der Waals surface area contributed by atoms with Crippen LogP contribution in [0.15, 0.2) is 12.1 Å². The fraction of sp³-hybridized carbons (Fsp3) is 0.455. The monoisotopic (exact) mass is 210 g/mol. The minimum absolute atomic E-state index is 0.0100. The minimum Gasteiger partial charge on any atom is -0.505 e. The maximum atomic E-state index is 13.1. The van der Waals surface area contributed by atoms with Crippen LogP contribution in [0.3, 0.4) is 0 Å². The van der Waals surface area contributed by atoms with E-state index in [-0.39, 0.29) is 17.5 Å². The molecule has 1 atom stereocenters. The normalized spacial score (nSPS) is 21.5. The Balaban J connectivity index is 2.33. The summed E-state index contributed by atoms with van der Waals surface area (Å²) in [5, 5.41) is 13.0. The second-order valence-electron chi connectivity index (χ2n) is 3.94. The van der Waals surface area contributed by atoms with E-state index in [1.807, 2.05) is 0 Å². The van der Waals surface area contributed by atoms with Crippen LogP contribution >= 0.6 is 0 Å². The van der Waals surface area contributed by atoms with Gasteiger partial charge in [0.1, 0.15) is 11.6 Å². The van der Waals surface area contributed by atoms with E-state index < -0.39 is 5.82 Å². The topological polar surface area (TPSA) is 58.3 Å². The van der Waals surface area contributed by atoms with Crippen LogP contribution in [-0.4, -0.2) is 11.7 Å². The van der Waals surface area contributed by atoms with Gasteiger partial charge in [-0.25, -0.2) is 4.39 Å². The maximum absolute atomic E-state index is 13.1. The minimum atomic E-state index is -0.396. The molecule has 1 aliphatic rings. The van der Waals surface area contributed by atoms with Crippen molar-refractivity contribution in [3.05, 3.63) is 23.5 Å². The lowest BCUT2D eigenvalue weighted by molar-refractivity contribution is 0.390. The molecule has 3 nitrogen and oxygen atoms in total. The van der Waals surface area contributed by atoms with E-state index in [9.17, 15) is 9.50 Å². The zero-order valence-corrected chi connectivity index (χ0v) is 8.46. The molecular formula is C11H15FN2O. The van der Waals surface area contributed by atoms with Crippen molar-refractivity contribution in [2.45, 2.75) is 25.3 Å². The first-order valence-electron chi connectivity index (χ1n) is 5.20. The second-order valence-corrected chi connectivity index (χ2v) is 3.94. The van der Waals surface area contributed by atoms with Gasteiger partial charge in [-0.2, -0.15) is 0 Å². The molecule has 1 fully saturated rings. The van der Waals surface area contributed by atoms with Crippen molar-refractivity contribution in [3.8, 4) is 5.75 Å². The van der Waals surface area contributed by atoms with Gasteiger partial charge in [-0.1, -0.05) is 6.42 Å². The van der Waals surface area contributed by atoms with Gasteiger partial charge in [-0.05, 0) is 25.5 Å². The number of rotatable bonds is 1. The highest BCUT2D eigenvalue weighted by Crippen LogP contribution is 2.34. The second kappa shape index (κ2) is 4.06. The van der Waals surface area contributed by atoms with Crippen LogP contribution in [0.4, 0.5) is 10.1 Å². The summed E-state index contributed by atoms with van der Waals surface area (Å²) in [6, 6.07) is 2.52. The Labute approximate surface area is 88.1 Å². The largest absolute Gasteiger partial charge is 0.505 e. The first-order valence-corrected chi connectivity index (χ1v) is 5.20. The fourth-order valence-electron chi connectivity index (χ4n) is 2.03. The van der Waals surface area contributed by atoms with Gasteiger partial charge in [0.05, 0.1) is 5.69 Å². The molecule has 1 aliphatic heterocycles. The van der Waals surface area contributed by atoms with Gasteiger partial charge in [0.15, 0.2) is 0 Å². The van der Waals surface area contributed by atoms with Crippen molar-refractivity contribution < 1.29 is 9.50 Å². The van der Waals surface area contributed by atoms with Crippen molar-refractivity contribution in [1.29, 1.82) is 0 Å². The smallest absolute Gasteiger partial charge is 0.143 e. The molecule has 0 saturated carbocycles. The highest BCUT2D eigenvalue weighted by molar-refractivity contribution is 5.57. The van der Waals surface area contributed by atoms with Crippen LogP contribution in [0, 0.1) is 5.82 Å². The van der Waals surface area contributed by atoms with Gasteiger partial charge in [-0.15, -0.1) is 0 Å². The van der Waals surface area contributed by atoms with E-state index in [4.69, 9.17) is 5.73 Å². The SMILES string of the molecule is Nc1cc(F)cc([C@H]2CCCCN2)c1O. The molecule has 0 radical (unpaired) electrons. The molecule has 0 aliphatic carbocycles. The molecule has 1 aromatic carbocycles. The molecule has 1 heterocycles. The number of hydrogen-bond donors (Lipinski definition) is 3. The predicted molar refractivity (Wildman–Crippen MR) is 57.1 cm³/mol. The van der Waals surface area contributed by atoms with Crippen LogP contribution in [-0.2, 0) is 0 Å². The Hall–Kier alpha value is -1.29. The van der Waals surface area contributed by atoms with Crippen molar-refractivity contribution in [1.82, 2.24) is 5.32 Å². The van der Waals surface area contributed by atoms with Crippen LogP contribution in [0.5, 0.6) is 5.75 Å². The first kappa shape index (κ1) is 10.2. The number of nitrogens with two attached hydrogens (primary N) is 1. The first-order chi connectivity index (χ1) is 7.18. The van der Waals surface area contributed by atoms with E-state index in [1.54, 1.807) is 0 Å². The summed E-state index contributed by atoms with van der Waals surface area (Å²) in [5.41, 5.74) is 6.20. The molecule has 0 aromatic heterocycles. The van der Waals surface area contributed by atoms with Gasteiger partial charge in [0.25, 0.3) is 0 Å². The summed E-state index contributed by atoms with van der Waals surface area (Å²) >= 11 is 0. The molecule has 4 heteroatoms. The number of benzene rings is 1. The molecule has 0 spiro atoms. The summed E-state index contributed by atoms with van der Waals surface area (Å²) < 4.78 is 13.1. The lowest BCUT2D eigenvalue weighted by Gasteiger charge is -2.24. The van der Waals surface area contributed by atoms with Gasteiger partial charge < -0.3 is 16.2 Å². The number of nitrogens with one attached hydrogen (secondary N) is 1. The predicted octanol–water partition coefficient (Wildman–Crippen LogP) is 1.93. The van der Waals surface area contributed by atoms with Gasteiger partial charge in [0, 0.05) is 17.7 Å². The molecule has 1 saturated heterocycles. The fourth-order valence-corrected chi connectivity index (χ4v) is 2.03. The summed E-state index contributed by atoms with van der Waals surface area (Å²) in [5.74, 6) is -0.386. The van der Waals surface area contributed by atoms with Crippen molar-refractivity contribution in [3.63, 3.8) is 0 Å². The summed E-state index contributed by atoms with van der Waals surface area (Å²) in [6.07, 6.45) is 3.13. The van der Waals surface area contributed by atoms with Crippen LogP contribution < -0.4 is 11.1 Å². The molecule has 1 aromatic rings. The zero-order valence-electron chi connectivity index (χ0n) is 8.46. The third-order valence-electron chi connectivity index (χ3n) is 2.82. The third-order valence-corrected chi connectivity index (χ3v) is 2.82. The average molecular weight is 210 g/mol. The number of piperidine rings is 1. The maximum Gasteiger partial charge on any atom is 0.143 e. The summed E-state index contributed by atoms with van der Waals surface area (Å²) in [7, 11) is 0. The van der Waals surface area contributed by atoms with E-state index >= 15 is 0 Å². The standard InChI is InChI=1S/C11H15FN2O/c12-7-5-8(11(15)9(13)6-7)10-3-1-2-4-14-10/h5-6,10,14-15H,1-4,13H2/t10-/m1/s1. The Bertz CT molecular complexity index is 362. The summed E-state index contributed by atoms with van der Waals surface area (Å²) in [6.45, 7) is 0.903. The number of phenolic OH excluding ortho intramolecular Hbond substituents is 1. The number of hydrogen-bond acceptors (Lipinski definition) is 3. The molecule has 0 amide bonds. The number of aromatic hydroxyl groups is 1. The van der Waals surface area contributed by atoms with Crippen LogP contribution in [0.25, 0.3) is 0 Å². The molecule has 4 N–H and O–H groups in total. The van der Waals surface area contributed by atoms with E-state index in [2.05, 4.69) is 5.32 Å². The van der Waals surface area contributed by atoms with Crippen LogP contribution in [0.1, 0.15) is 30.9 Å². The Morgan fingerprint density at radius 3 is 2.87 bits per heavy atom. The number of nitrogen functional groups attached to an aromatic ring is 1. The van der Waals surface area contributed by atoms with E-state index in [0.29, 0.717) is 5.56 Å². The summed E-state index contributed by atoms with van der Waals surface area (Å²) in [4.78, 5) is 0. The molecule has 82 valence electrons. The van der Waals surface area contributed by atoms with Gasteiger partial charge >= 0.3 is 0 Å². The number of anilines is 1. The van der Waals surface area contributed by atoms with E-state index in [0.717, 1.165) is 31.9 Å². The van der Waals surface area contributed by atoms with E-state index in [1.165, 1.54) is 6.07 Å². The average Bonchev–Trinajstić information content (AvgIpc) is 2.24. The Morgan fingerprint density at radius 2 is 2.20 bits per heavy atom. The van der Waals surface area contributed by atoms with Gasteiger partial charge in [-0.3, -0.25) is 0 Å². The van der Waals surface area contributed by atoms with Crippen molar-refractivity contribution >= 4 is 5.69 Å². The molecule has 0 bridgehead atoms. The third kappa shape index (κ3) is 2.04. The highest BCUT2D eigenvalue weighted by atomic mass is 19.1. The zero-order chi connectivity index (χ0) is 10.8. The van der Waals surface area contributed by atoms with Crippen molar-refractivity contribution in [2.24, 2.45) is 0 Å². The van der Waals surface area contributed by atoms with Gasteiger partial charge in [0.2, 0.25) is 0 Å². The molecule has 0 unspecified atom stereocenters. The molecule has 2 rings (SSSR count). The van der Waals surface area contributed by atoms with Crippen LogP contribution in [0.2, 0.25) is 0 Å². The Morgan fingerprint density at radius 1 is 1.40 bits per heavy atom. The number of halogens is 1.